The number of carbonyl (C=O) groups is 1. The quantitative estimate of drug-likeness (QED) is 0.529. The number of aromatic nitrogens is 2. The molecule has 4 nitrogen and oxygen atoms in total. The largest absolute Gasteiger partial charge is 0.326 e. The lowest BCUT2D eigenvalue weighted by Gasteiger charge is -2.07. The Morgan fingerprint density at radius 3 is 2.62 bits per heavy atom. The molecule has 0 atom stereocenters. The van der Waals surface area contributed by atoms with Crippen molar-refractivity contribution in [2.45, 2.75) is 32.2 Å². The Bertz CT molecular complexity index is 869. The lowest BCUT2D eigenvalue weighted by Crippen LogP contribution is -2.12. The Balaban J connectivity index is 1.58. The maximum absolute atomic E-state index is 12.1. The second kappa shape index (κ2) is 7.32. The number of anilines is 1. The molecule has 0 fully saturated rings. The van der Waals surface area contributed by atoms with E-state index in [1.54, 1.807) is 29.4 Å². The minimum Gasteiger partial charge on any atom is -0.326 e. The van der Waals surface area contributed by atoms with Crippen molar-refractivity contribution in [3.05, 3.63) is 46.6 Å². The number of amides is 1. The molecule has 1 amide bonds. The third-order valence-electron chi connectivity index (χ3n) is 3.49. The van der Waals surface area contributed by atoms with Crippen LogP contribution in [0.1, 0.15) is 22.4 Å². The van der Waals surface area contributed by atoms with E-state index in [0.717, 1.165) is 32.1 Å². The molecule has 3 aromatic rings. The van der Waals surface area contributed by atoms with Crippen molar-refractivity contribution in [1.82, 2.24) is 9.97 Å². The number of hydrogen-bond acceptors (Lipinski definition) is 5. The van der Waals surface area contributed by atoms with Crippen LogP contribution in [-0.4, -0.2) is 21.6 Å². The summed E-state index contributed by atoms with van der Waals surface area (Å²) < 4.78 is 0. The smallest absolute Gasteiger partial charge is 0.225 e. The molecule has 0 radical (unpaired) electrons. The number of fused-ring (bicyclic) bond motifs is 1. The van der Waals surface area contributed by atoms with E-state index in [4.69, 9.17) is 0 Å². The van der Waals surface area contributed by atoms with Crippen LogP contribution in [0.25, 0.3) is 10.2 Å². The second-order valence-corrected chi connectivity index (χ2v) is 8.10. The maximum atomic E-state index is 12.1. The summed E-state index contributed by atoms with van der Waals surface area (Å²) in [4.78, 5) is 23.0. The molecule has 1 N–H and O–H groups in total. The average Bonchev–Trinajstić information content (AvgIpc) is 2.87. The van der Waals surface area contributed by atoms with Gasteiger partial charge in [-0.1, -0.05) is 6.07 Å². The predicted molar refractivity (Wildman–Crippen MR) is 102 cm³/mol. The molecule has 0 saturated carbocycles. The number of thioether (sulfide) groups is 1. The van der Waals surface area contributed by atoms with Gasteiger partial charge in [-0.3, -0.25) is 4.79 Å². The number of hydrogen-bond donors (Lipinski definition) is 1. The van der Waals surface area contributed by atoms with Gasteiger partial charge in [-0.25, -0.2) is 9.97 Å². The normalized spacial score (nSPS) is 11.0. The summed E-state index contributed by atoms with van der Waals surface area (Å²) >= 11 is 3.27. The average molecular weight is 358 g/mol. The van der Waals surface area contributed by atoms with Crippen molar-refractivity contribution in [3.8, 4) is 0 Å². The van der Waals surface area contributed by atoms with Crippen LogP contribution in [0.5, 0.6) is 0 Å². The van der Waals surface area contributed by atoms with Crippen molar-refractivity contribution in [3.63, 3.8) is 0 Å². The van der Waals surface area contributed by atoms with Crippen LogP contribution in [-0.2, 0) is 4.79 Å². The molecular weight excluding hydrogens is 338 g/mol. The fourth-order valence-corrected chi connectivity index (χ4v) is 4.41. The Morgan fingerprint density at radius 2 is 1.88 bits per heavy atom. The summed E-state index contributed by atoms with van der Waals surface area (Å²) in [6, 6.07) is 8.17. The van der Waals surface area contributed by atoms with Gasteiger partial charge in [0.1, 0.15) is 16.2 Å². The van der Waals surface area contributed by atoms with E-state index in [9.17, 15) is 4.79 Å². The molecule has 2 heterocycles. The zero-order chi connectivity index (χ0) is 17.1. The summed E-state index contributed by atoms with van der Waals surface area (Å²) in [5.41, 5.74) is 3.16. The van der Waals surface area contributed by atoms with Crippen LogP contribution >= 0.6 is 23.1 Å². The molecular formula is C18H19N3OS2. The van der Waals surface area contributed by atoms with Crippen molar-refractivity contribution >= 4 is 44.9 Å². The Labute approximate surface area is 149 Å². The van der Waals surface area contributed by atoms with Gasteiger partial charge >= 0.3 is 0 Å². The van der Waals surface area contributed by atoms with Gasteiger partial charge in [-0.15, -0.1) is 23.1 Å². The van der Waals surface area contributed by atoms with E-state index in [2.05, 4.69) is 34.3 Å². The van der Waals surface area contributed by atoms with Gasteiger partial charge in [0, 0.05) is 28.1 Å². The maximum Gasteiger partial charge on any atom is 0.225 e. The molecule has 6 heteroatoms. The van der Waals surface area contributed by atoms with E-state index in [0.29, 0.717) is 12.2 Å². The first kappa shape index (κ1) is 16.9. The monoisotopic (exact) mass is 357 g/mol. The zero-order valence-corrected chi connectivity index (χ0v) is 15.6. The van der Waals surface area contributed by atoms with Gasteiger partial charge in [-0.2, -0.15) is 0 Å². The number of nitrogens with one attached hydrogen (secondary N) is 1. The minimum atomic E-state index is 0.0271. The van der Waals surface area contributed by atoms with Crippen LogP contribution in [0.2, 0.25) is 0 Å². The van der Waals surface area contributed by atoms with Crippen LogP contribution in [0.4, 0.5) is 5.69 Å². The lowest BCUT2D eigenvalue weighted by molar-refractivity contribution is -0.115. The first-order chi connectivity index (χ1) is 11.5. The van der Waals surface area contributed by atoms with E-state index in [-0.39, 0.29) is 5.91 Å². The van der Waals surface area contributed by atoms with E-state index >= 15 is 0 Å². The predicted octanol–water partition coefficient (Wildman–Crippen LogP) is 4.74. The van der Waals surface area contributed by atoms with Gasteiger partial charge in [0.15, 0.2) is 0 Å². The Hall–Kier alpha value is -1.92. The summed E-state index contributed by atoms with van der Waals surface area (Å²) in [6.45, 7) is 6.13. The molecule has 124 valence electrons. The van der Waals surface area contributed by atoms with Gasteiger partial charge in [0.2, 0.25) is 5.91 Å². The lowest BCUT2D eigenvalue weighted by atomic mass is 10.1. The molecule has 0 unspecified atom stereocenters. The number of benzene rings is 1. The number of rotatable bonds is 5. The van der Waals surface area contributed by atoms with Gasteiger partial charge in [0.25, 0.3) is 0 Å². The molecule has 3 rings (SSSR count). The number of nitrogens with zero attached hydrogens (tertiary/aromatic N) is 2. The van der Waals surface area contributed by atoms with E-state index in [1.807, 2.05) is 26.0 Å². The van der Waals surface area contributed by atoms with Crippen LogP contribution in [0.3, 0.4) is 0 Å². The standard InChI is InChI=1S/C18H19N3OS2/c1-11-6-12(2)8-14(7-11)21-16(22)4-5-23-17-15-9-13(3)24-18(15)20-10-19-17/h6-10H,4-5H2,1-3H3,(H,21,22). The summed E-state index contributed by atoms with van der Waals surface area (Å²) in [6.07, 6.45) is 2.04. The van der Waals surface area contributed by atoms with Gasteiger partial charge in [-0.05, 0) is 50.1 Å². The highest BCUT2D eigenvalue weighted by molar-refractivity contribution is 7.99. The van der Waals surface area contributed by atoms with Crippen molar-refractivity contribution in [2.75, 3.05) is 11.1 Å². The first-order valence-electron chi connectivity index (χ1n) is 7.73. The molecule has 2 aromatic heterocycles. The molecule has 24 heavy (non-hydrogen) atoms. The van der Waals surface area contributed by atoms with Gasteiger partial charge < -0.3 is 5.32 Å². The number of carbonyl (C=O) groups excluding carboxylic acids is 1. The third kappa shape index (κ3) is 4.13. The van der Waals surface area contributed by atoms with Crippen LogP contribution < -0.4 is 5.32 Å². The Morgan fingerprint density at radius 1 is 1.12 bits per heavy atom. The summed E-state index contributed by atoms with van der Waals surface area (Å²) in [7, 11) is 0. The molecule has 0 aliphatic heterocycles. The topological polar surface area (TPSA) is 54.9 Å². The SMILES string of the molecule is Cc1cc(C)cc(NC(=O)CCSc2ncnc3sc(C)cc23)c1. The highest BCUT2D eigenvalue weighted by atomic mass is 32.2. The number of thiophene rings is 1. The molecule has 0 spiro atoms. The van der Waals surface area contributed by atoms with E-state index < -0.39 is 0 Å². The molecule has 1 aromatic carbocycles. The summed E-state index contributed by atoms with van der Waals surface area (Å²) in [5.74, 6) is 0.719. The van der Waals surface area contributed by atoms with Crippen molar-refractivity contribution < 1.29 is 4.79 Å². The number of aryl methyl sites for hydroxylation is 3. The van der Waals surface area contributed by atoms with Crippen LogP contribution in [0, 0.1) is 20.8 Å². The van der Waals surface area contributed by atoms with Gasteiger partial charge in [0.05, 0.1) is 0 Å². The second-order valence-electron chi connectivity index (χ2n) is 5.78. The van der Waals surface area contributed by atoms with Crippen molar-refractivity contribution in [2.24, 2.45) is 0 Å². The fraction of sp³-hybridized carbons (Fsp3) is 0.278. The Kier molecular flexibility index (Phi) is 5.16. The molecule has 0 aliphatic carbocycles. The van der Waals surface area contributed by atoms with Crippen molar-refractivity contribution in [1.29, 1.82) is 0 Å². The molecule has 0 bridgehead atoms. The fourth-order valence-electron chi connectivity index (χ4n) is 2.58. The third-order valence-corrected chi connectivity index (χ3v) is 5.45. The molecule has 0 aliphatic rings. The van der Waals surface area contributed by atoms with Crippen LogP contribution in [0.15, 0.2) is 35.6 Å². The zero-order valence-electron chi connectivity index (χ0n) is 13.9. The highest BCUT2D eigenvalue weighted by Gasteiger charge is 2.09. The minimum absolute atomic E-state index is 0.0271. The summed E-state index contributed by atoms with van der Waals surface area (Å²) in [5, 5.41) is 5.00. The highest BCUT2D eigenvalue weighted by Crippen LogP contribution is 2.30. The van der Waals surface area contributed by atoms with E-state index in [1.165, 1.54) is 4.88 Å². The first-order valence-corrected chi connectivity index (χ1v) is 9.53. The molecule has 0 saturated heterocycles.